The van der Waals surface area contributed by atoms with Crippen molar-refractivity contribution in [2.45, 2.75) is 76.6 Å². The van der Waals surface area contributed by atoms with Crippen molar-refractivity contribution in [2.75, 3.05) is 30.9 Å². The molecule has 2 N–H and O–H groups in total. The zero-order chi connectivity index (χ0) is 25.4. The lowest BCUT2D eigenvalue weighted by atomic mass is 9.77. The van der Waals surface area contributed by atoms with Gasteiger partial charge in [-0.05, 0) is 47.6 Å². The number of nitrogens with one attached hydrogen (secondary N) is 2. The van der Waals surface area contributed by atoms with Gasteiger partial charge in [-0.25, -0.2) is 18.2 Å². The van der Waals surface area contributed by atoms with Crippen molar-refractivity contribution in [1.82, 2.24) is 14.9 Å². The second kappa shape index (κ2) is 9.81. The molecule has 0 saturated carbocycles. The van der Waals surface area contributed by atoms with Crippen LogP contribution in [0.25, 0.3) is 0 Å². The van der Waals surface area contributed by atoms with Crippen LogP contribution in [0.3, 0.4) is 0 Å². The summed E-state index contributed by atoms with van der Waals surface area (Å²) in [7, 11) is 2.10. The molecule has 35 heavy (non-hydrogen) atoms. The first-order valence-electron chi connectivity index (χ1n) is 12.0. The summed E-state index contributed by atoms with van der Waals surface area (Å²) in [4.78, 5) is 10.5. The van der Waals surface area contributed by atoms with Crippen molar-refractivity contribution in [3.05, 3.63) is 35.8 Å². The van der Waals surface area contributed by atoms with Gasteiger partial charge in [0.15, 0.2) is 29.0 Å². The second-order valence-corrected chi connectivity index (χ2v) is 10.6. The molecule has 0 spiro atoms. The van der Waals surface area contributed by atoms with Gasteiger partial charge in [-0.15, -0.1) is 0 Å². The fraction of sp³-hybridized carbons (Fsp3) is 0.600. The lowest BCUT2D eigenvalue weighted by molar-refractivity contribution is -0.00778. The van der Waals surface area contributed by atoms with E-state index in [1.165, 1.54) is 0 Å². The van der Waals surface area contributed by atoms with E-state index in [1.54, 1.807) is 0 Å². The van der Waals surface area contributed by atoms with Crippen LogP contribution in [0.1, 0.15) is 53.4 Å². The van der Waals surface area contributed by atoms with Crippen LogP contribution >= 0.6 is 0 Å². The highest BCUT2D eigenvalue weighted by Gasteiger charge is 2.43. The summed E-state index contributed by atoms with van der Waals surface area (Å²) in [5, 5.41) is 5.98. The molecule has 10 heteroatoms. The monoisotopic (exact) mass is 493 g/mol. The minimum absolute atomic E-state index is 0.00930. The number of ether oxygens (including phenoxy) is 2. The van der Waals surface area contributed by atoms with E-state index >= 15 is 0 Å². The normalized spacial score (nSPS) is 21.0. The number of hydrogen-bond donors (Lipinski definition) is 2. The fourth-order valence-corrected chi connectivity index (χ4v) is 5.03. The maximum atomic E-state index is 14.6. The number of nitrogens with zero attached hydrogens (tertiary/aromatic N) is 3. The van der Waals surface area contributed by atoms with Gasteiger partial charge in [-0.2, -0.15) is 4.98 Å². The van der Waals surface area contributed by atoms with E-state index in [2.05, 4.69) is 60.2 Å². The number of halogens is 3. The molecule has 2 aromatic rings. The molecule has 1 aromatic heterocycles. The number of anilines is 3. The van der Waals surface area contributed by atoms with E-state index in [1.807, 2.05) is 0 Å². The molecule has 0 unspecified atom stereocenters. The molecule has 2 aliphatic rings. The molecular weight excluding hydrogens is 459 g/mol. The van der Waals surface area contributed by atoms with E-state index in [0.29, 0.717) is 26.1 Å². The van der Waals surface area contributed by atoms with E-state index in [0.717, 1.165) is 31.2 Å². The molecule has 2 fully saturated rings. The minimum Gasteiger partial charge on any atom is -0.484 e. The van der Waals surface area contributed by atoms with Gasteiger partial charge in [0.2, 0.25) is 5.95 Å². The van der Waals surface area contributed by atoms with Gasteiger partial charge in [0.05, 0.1) is 19.4 Å². The fourth-order valence-electron chi connectivity index (χ4n) is 5.03. The Morgan fingerprint density at radius 1 is 1.00 bits per heavy atom. The smallest absolute Gasteiger partial charge is 0.229 e. The summed E-state index contributed by atoms with van der Waals surface area (Å²) in [6.07, 6.45) is 3.48. The number of aromatic nitrogens is 2. The van der Waals surface area contributed by atoms with Crippen molar-refractivity contribution in [3.8, 4) is 5.75 Å². The van der Waals surface area contributed by atoms with Gasteiger partial charge in [-0.3, -0.25) is 4.90 Å². The number of rotatable bonds is 6. The van der Waals surface area contributed by atoms with E-state index in [-0.39, 0.29) is 40.7 Å². The molecule has 0 amide bonds. The maximum absolute atomic E-state index is 14.6. The first kappa shape index (κ1) is 25.5. The van der Waals surface area contributed by atoms with Crippen LogP contribution in [0, 0.1) is 17.5 Å². The van der Waals surface area contributed by atoms with Crippen molar-refractivity contribution < 1.29 is 22.6 Å². The first-order valence-corrected chi connectivity index (χ1v) is 12.0. The molecule has 192 valence electrons. The van der Waals surface area contributed by atoms with Crippen molar-refractivity contribution in [1.29, 1.82) is 0 Å². The van der Waals surface area contributed by atoms with Crippen LogP contribution in [0.2, 0.25) is 0 Å². The predicted molar refractivity (Wildman–Crippen MR) is 129 cm³/mol. The lowest BCUT2D eigenvalue weighted by Crippen LogP contribution is -2.61. The molecule has 0 atom stereocenters. The van der Waals surface area contributed by atoms with Gasteiger partial charge < -0.3 is 20.1 Å². The van der Waals surface area contributed by atoms with E-state index in [4.69, 9.17) is 9.47 Å². The summed E-state index contributed by atoms with van der Waals surface area (Å²) in [5.74, 6) is -2.62. The zero-order valence-electron chi connectivity index (χ0n) is 20.9. The number of piperidine rings is 1. The molecule has 2 aliphatic heterocycles. The van der Waals surface area contributed by atoms with Gasteiger partial charge >= 0.3 is 0 Å². The second-order valence-electron chi connectivity index (χ2n) is 10.6. The third kappa shape index (κ3) is 5.81. The number of hydrogen-bond acceptors (Lipinski definition) is 7. The summed E-state index contributed by atoms with van der Waals surface area (Å²) >= 11 is 0. The Morgan fingerprint density at radius 3 is 2.20 bits per heavy atom. The zero-order valence-corrected chi connectivity index (χ0v) is 20.9. The Kier molecular flexibility index (Phi) is 7.15. The highest BCUT2D eigenvalue weighted by atomic mass is 19.1. The Bertz CT molecular complexity index is 1020. The van der Waals surface area contributed by atoms with Crippen LogP contribution in [-0.2, 0) is 4.74 Å². The van der Waals surface area contributed by atoms with Crippen LogP contribution in [0.15, 0.2) is 18.3 Å². The molecule has 0 radical (unpaired) electrons. The Hall–Kier alpha value is -2.59. The summed E-state index contributed by atoms with van der Waals surface area (Å²) < 4.78 is 54.6. The van der Waals surface area contributed by atoms with Gasteiger partial charge in [0, 0.05) is 47.8 Å². The van der Waals surface area contributed by atoms with Gasteiger partial charge in [0.25, 0.3) is 0 Å². The van der Waals surface area contributed by atoms with Crippen LogP contribution in [0.5, 0.6) is 5.75 Å². The summed E-state index contributed by atoms with van der Waals surface area (Å²) in [6, 6.07) is 2.21. The summed E-state index contributed by atoms with van der Waals surface area (Å²) in [5.41, 5.74) is -0.0837. The first-order chi connectivity index (χ1) is 16.4. The standard InChI is InChI=1S/C25H34F3N5O2/c1-24(2)12-16(13-25(3,4)33(24)5)30-22-20(28)14-29-23(32-22)31-15-10-18(26)21(19(27)11-15)35-17-6-8-34-9-7-17/h10-11,14,16-17H,6-9,12-13H2,1-5H3,(H2,29,30,31,32). The number of benzene rings is 1. The number of likely N-dealkylation sites (tertiary alicyclic amines) is 1. The summed E-state index contributed by atoms with van der Waals surface area (Å²) in [6.45, 7) is 9.63. The molecular formula is C25H34F3N5O2. The van der Waals surface area contributed by atoms with E-state index in [9.17, 15) is 13.2 Å². The SMILES string of the molecule is CN1C(C)(C)CC(Nc2nc(Nc3cc(F)c(OC4CCOCC4)c(F)c3)ncc2F)CC1(C)C. The quantitative estimate of drug-likeness (QED) is 0.569. The third-order valence-electron chi connectivity index (χ3n) is 7.10. The van der Waals surface area contributed by atoms with Crippen molar-refractivity contribution >= 4 is 17.5 Å². The Morgan fingerprint density at radius 2 is 1.60 bits per heavy atom. The van der Waals surface area contributed by atoms with Crippen LogP contribution < -0.4 is 15.4 Å². The predicted octanol–water partition coefficient (Wildman–Crippen LogP) is 5.26. The third-order valence-corrected chi connectivity index (χ3v) is 7.10. The highest BCUT2D eigenvalue weighted by Crippen LogP contribution is 2.38. The molecule has 4 rings (SSSR count). The highest BCUT2D eigenvalue weighted by molar-refractivity contribution is 5.57. The molecule has 1 aromatic carbocycles. The van der Waals surface area contributed by atoms with E-state index < -0.39 is 23.2 Å². The Labute approximate surface area is 204 Å². The van der Waals surface area contributed by atoms with Crippen molar-refractivity contribution in [2.24, 2.45) is 0 Å². The maximum Gasteiger partial charge on any atom is 0.229 e. The molecule has 7 nitrogen and oxygen atoms in total. The van der Waals surface area contributed by atoms with Gasteiger partial charge in [-0.1, -0.05) is 0 Å². The topological polar surface area (TPSA) is 71.5 Å². The average Bonchev–Trinajstić information content (AvgIpc) is 2.77. The Balaban J connectivity index is 1.48. The van der Waals surface area contributed by atoms with Crippen LogP contribution in [-0.4, -0.2) is 58.4 Å². The largest absolute Gasteiger partial charge is 0.484 e. The molecule has 0 bridgehead atoms. The lowest BCUT2D eigenvalue weighted by Gasteiger charge is -2.53. The van der Waals surface area contributed by atoms with Crippen LogP contribution in [0.4, 0.5) is 30.6 Å². The van der Waals surface area contributed by atoms with Gasteiger partial charge in [0.1, 0.15) is 6.10 Å². The molecule has 0 aliphatic carbocycles. The molecule has 3 heterocycles. The average molecular weight is 494 g/mol. The van der Waals surface area contributed by atoms with Crippen molar-refractivity contribution in [3.63, 3.8) is 0 Å². The minimum atomic E-state index is -0.838. The molecule has 2 saturated heterocycles.